The van der Waals surface area contributed by atoms with Gasteiger partial charge >= 0.3 is 0 Å². The van der Waals surface area contributed by atoms with E-state index in [1.807, 2.05) is 6.92 Å². The van der Waals surface area contributed by atoms with E-state index in [2.05, 4.69) is 31.0 Å². The van der Waals surface area contributed by atoms with Gasteiger partial charge in [-0.15, -0.1) is 11.8 Å². The standard InChI is InChI=1S/C15H27N/c1-4-5-6-8-14-9-7-10-15(14)12-16-11-13(2)3/h13-16H,6-12H2,1-3H3. The van der Waals surface area contributed by atoms with Gasteiger partial charge in [-0.1, -0.05) is 26.7 Å². The summed E-state index contributed by atoms with van der Waals surface area (Å²) in [6, 6.07) is 0. The second-order valence-electron chi connectivity index (χ2n) is 5.47. The first kappa shape index (κ1) is 13.6. The number of rotatable bonds is 6. The van der Waals surface area contributed by atoms with Crippen LogP contribution in [0, 0.1) is 29.6 Å². The van der Waals surface area contributed by atoms with Crippen LogP contribution in [0.25, 0.3) is 0 Å². The van der Waals surface area contributed by atoms with Gasteiger partial charge in [0.15, 0.2) is 0 Å². The summed E-state index contributed by atoms with van der Waals surface area (Å²) >= 11 is 0. The molecular weight excluding hydrogens is 194 g/mol. The molecule has 0 aromatic carbocycles. The molecule has 1 fully saturated rings. The van der Waals surface area contributed by atoms with Crippen molar-refractivity contribution < 1.29 is 0 Å². The van der Waals surface area contributed by atoms with Gasteiger partial charge < -0.3 is 5.32 Å². The van der Waals surface area contributed by atoms with Gasteiger partial charge in [-0.2, -0.15) is 0 Å². The third-order valence-corrected chi connectivity index (χ3v) is 3.59. The molecule has 1 heteroatoms. The van der Waals surface area contributed by atoms with Crippen molar-refractivity contribution in [3.63, 3.8) is 0 Å². The van der Waals surface area contributed by atoms with Gasteiger partial charge in [-0.25, -0.2) is 0 Å². The Morgan fingerprint density at radius 3 is 2.69 bits per heavy atom. The summed E-state index contributed by atoms with van der Waals surface area (Å²) in [6.07, 6.45) is 6.70. The Kier molecular flexibility index (Phi) is 6.57. The van der Waals surface area contributed by atoms with Crippen LogP contribution in [0.3, 0.4) is 0 Å². The Hall–Kier alpha value is -0.480. The maximum atomic E-state index is 3.61. The molecule has 2 atom stereocenters. The van der Waals surface area contributed by atoms with E-state index in [-0.39, 0.29) is 0 Å². The lowest BCUT2D eigenvalue weighted by Gasteiger charge is -2.19. The van der Waals surface area contributed by atoms with E-state index in [9.17, 15) is 0 Å². The molecule has 0 amide bonds. The molecule has 1 aliphatic rings. The lowest BCUT2D eigenvalue weighted by molar-refractivity contribution is 0.344. The minimum absolute atomic E-state index is 0.769. The monoisotopic (exact) mass is 221 g/mol. The topological polar surface area (TPSA) is 12.0 Å². The van der Waals surface area contributed by atoms with Crippen LogP contribution in [0.2, 0.25) is 0 Å². The quantitative estimate of drug-likeness (QED) is 0.677. The molecule has 1 aliphatic carbocycles. The average Bonchev–Trinajstić information content (AvgIpc) is 2.66. The van der Waals surface area contributed by atoms with Crippen molar-refractivity contribution in [3.8, 4) is 11.8 Å². The fourth-order valence-electron chi connectivity index (χ4n) is 2.70. The zero-order valence-corrected chi connectivity index (χ0v) is 11.2. The van der Waals surface area contributed by atoms with E-state index < -0.39 is 0 Å². The first-order valence-corrected chi connectivity index (χ1v) is 6.84. The largest absolute Gasteiger partial charge is 0.316 e. The van der Waals surface area contributed by atoms with Crippen molar-refractivity contribution in [2.24, 2.45) is 17.8 Å². The lowest BCUT2D eigenvalue weighted by Crippen LogP contribution is -2.28. The molecule has 0 aromatic heterocycles. The van der Waals surface area contributed by atoms with E-state index in [0.717, 1.165) is 30.7 Å². The molecule has 1 rings (SSSR count). The maximum Gasteiger partial charge on any atom is 0.00913 e. The zero-order valence-electron chi connectivity index (χ0n) is 11.2. The van der Waals surface area contributed by atoms with Gasteiger partial charge in [0.2, 0.25) is 0 Å². The van der Waals surface area contributed by atoms with Crippen LogP contribution in [-0.2, 0) is 0 Å². The van der Waals surface area contributed by atoms with Gasteiger partial charge in [-0.3, -0.25) is 0 Å². The zero-order chi connectivity index (χ0) is 11.8. The summed E-state index contributed by atoms with van der Waals surface area (Å²) in [5.41, 5.74) is 0. The van der Waals surface area contributed by atoms with Gasteiger partial charge in [0.25, 0.3) is 0 Å². The summed E-state index contributed by atoms with van der Waals surface area (Å²) in [5, 5.41) is 3.61. The van der Waals surface area contributed by atoms with Gasteiger partial charge in [0.1, 0.15) is 0 Å². The molecule has 1 saturated carbocycles. The minimum atomic E-state index is 0.769. The van der Waals surface area contributed by atoms with Crippen LogP contribution in [0.15, 0.2) is 0 Å². The van der Waals surface area contributed by atoms with Crippen molar-refractivity contribution in [2.45, 2.75) is 52.9 Å². The Balaban J connectivity index is 2.19. The van der Waals surface area contributed by atoms with E-state index in [4.69, 9.17) is 0 Å². The van der Waals surface area contributed by atoms with Gasteiger partial charge in [0.05, 0.1) is 0 Å². The van der Waals surface area contributed by atoms with Crippen molar-refractivity contribution in [2.75, 3.05) is 13.1 Å². The molecular formula is C15H27N. The summed E-state index contributed by atoms with van der Waals surface area (Å²) in [7, 11) is 0. The predicted molar refractivity (Wildman–Crippen MR) is 71.2 cm³/mol. The van der Waals surface area contributed by atoms with Crippen LogP contribution in [0.5, 0.6) is 0 Å². The van der Waals surface area contributed by atoms with Gasteiger partial charge in [-0.05, 0) is 50.6 Å². The number of hydrogen-bond donors (Lipinski definition) is 1. The van der Waals surface area contributed by atoms with E-state index in [0.29, 0.717) is 0 Å². The fourth-order valence-corrected chi connectivity index (χ4v) is 2.70. The highest BCUT2D eigenvalue weighted by molar-refractivity contribution is 4.95. The predicted octanol–water partition coefficient (Wildman–Crippen LogP) is 3.45. The maximum absolute atomic E-state index is 3.61. The van der Waals surface area contributed by atoms with Crippen LogP contribution in [0.1, 0.15) is 52.9 Å². The molecule has 2 unspecified atom stereocenters. The average molecular weight is 221 g/mol. The van der Waals surface area contributed by atoms with E-state index in [1.54, 1.807) is 0 Å². The van der Waals surface area contributed by atoms with Gasteiger partial charge in [0, 0.05) is 6.42 Å². The van der Waals surface area contributed by atoms with Crippen LogP contribution in [0.4, 0.5) is 0 Å². The smallest absolute Gasteiger partial charge is 0.00913 e. The molecule has 1 N–H and O–H groups in total. The first-order valence-electron chi connectivity index (χ1n) is 6.84. The molecule has 0 aliphatic heterocycles. The molecule has 0 spiro atoms. The molecule has 1 nitrogen and oxygen atoms in total. The Morgan fingerprint density at radius 1 is 1.25 bits per heavy atom. The second-order valence-corrected chi connectivity index (χ2v) is 5.47. The van der Waals surface area contributed by atoms with Crippen LogP contribution in [-0.4, -0.2) is 13.1 Å². The third-order valence-electron chi connectivity index (χ3n) is 3.59. The number of hydrogen-bond acceptors (Lipinski definition) is 1. The summed E-state index contributed by atoms with van der Waals surface area (Å²) in [4.78, 5) is 0. The Morgan fingerprint density at radius 2 is 2.00 bits per heavy atom. The van der Waals surface area contributed by atoms with Crippen molar-refractivity contribution >= 4 is 0 Å². The molecule has 16 heavy (non-hydrogen) atoms. The minimum Gasteiger partial charge on any atom is -0.316 e. The van der Waals surface area contributed by atoms with Crippen molar-refractivity contribution in [1.82, 2.24) is 5.32 Å². The Bertz CT molecular complexity index is 234. The Labute approximate surface area is 101 Å². The lowest BCUT2D eigenvalue weighted by atomic mass is 9.91. The highest BCUT2D eigenvalue weighted by atomic mass is 14.9. The summed E-state index contributed by atoms with van der Waals surface area (Å²) in [5.74, 6) is 8.81. The molecule has 0 bridgehead atoms. The molecule has 0 aromatic rings. The highest BCUT2D eigenvalue weighted by Gasteiger charge is 2.25. The normalized spacial score (nSPS) is 24.5. The molecule has 0 radical (unpaired) electrons. The molecule has 0 saturated heterocycles. The summed E-state index contributed by atoms with van der Waals surface area (Å²) in [6.45, 7) is 8.88. The van der Waals surface area contributed by atoms with Crippen LogP contribution >= 0.6 is 0 Å². The SMILES string of the molecule is CC#CCCC1CCCC1CNCC(C)C. The first-order chi connectivity index (χ1) is 7.74. The van der Waals surface area contributed by atoms with Crippen LogP contribution < -0.4 is 5.32 Å². The third kappa shape index (κ3) is 5.03. The number of nitrogens with one attached hydrogen (secondary N) is 1. The van der Waals surface area contributed by atoms with Crippen molar-refractivity contribution in [3.05, 3.63) is 0 Å². The highest BCUT2D eigenvalue weighted by Crippen LogP contribution is 2.34. The second kappa shape index (κ2) is 7.74. The summed E-state index contributed by atoms with van der Waals surface area (Å²) < 4.78 is 0. The fraction of sp³-hybridized carbons (Fsp3) is 0.867. The van der Waals surface area contributed by atoms with E-state index >= 15 is 0 Å². The molecule has 92 valence electrons. The van der Waals surface area contributed by atoms with E-state index in [1.165, 1.54) is 32.2 Å². The van der Waals surface area contributed by atoms with Crippen molar-refractivity contribution in [1.29, 1.82) is 0 Å². The molecule has 0 heterocycles.